The Morgan fingerprint density at radius 2 is 1.75 bits per heavy atom. The quantitative estimate of drug-likeness (QED) is 0.727. The first kappa shape index (κ1) is 20.6. The predicted molar refractivity (Wildman–Crippen MR) is 96.5 cm³/mol. The Balaban J connectivity index is 2.63. The lowest BCUT2D eigenvalue weighted by Gasteiger charge is -2.20. The number of amides is 1. The van der Waals surface area contributed by atoms with Crippen molar-refractivity contribution in [2.24, 2.45) is 0 Å². The van der Waals surface area contributed by atoms with E-state index in [-0.39, 0.29) is 17.3 Å². The Morgan fingerprint density at radius 1 is 1.12 bits per heavy atom. The van der Waals surface area contributed by atoms with Gasteiger partial charge in [0.05, 0.1) is 11.4 Å². The maximum Gasteiger partial charge on any atom is 0.243 e. The van der Waals surface area contributed by atoms with Crippen molar-refractivity contribution in [3.8, 4) is 0 Å². The number of carbonyl (C=O) groups excluding carboxylic acids is 1. The molecule has 1 N–H and O–H groups in total. The fourth-order valence-corrected chi connectivity index (χ4v) is 3.50. The number of nitrogens with zero attached hydrogens (tertiary/aromatic N) is 2. The average Bonchev–Trinajstić information content (AvgIpc) is 2.53. The van der Waals surface area contributed by atoms with E-state index in [9.17, 15) is 13.2 Å². The Kier molecular flexibility index (Phi) is 7.86. The third kappa shape index (κ3) is 5.58. The summed E-state index contributed by atoms with van der Waals surface area (Å²) in [6.45, 7) is 10.9. The van der Waals surface area contributed by atoms with E-state index in [1.54, 1.807) is 18.2 Å². The molecule has 0 unspecified atom stereocenters. The van der Waals surface area contributed by atoms with E-state index in [2.05, 4.69) is 24.1 Å². The van der Waals surface area contributed by atoms with Crippen LogP contribution in [0.1, 0.15) is 25.0 Å². The highest BCUT2D eigenvalue weighted by Crippen LogP contribution is 2.17. The van der Waals surface area contributed by atoms with Gasteiger partial charge >= 0.3 is 0 Å². The average molecular weight is 356 g/mol. The molecule has 0 aromatic heterocycles. The van der Waals surface area contributed by atoms with Crippen LogP contribution in [0.25, 0.3) is 0 Å². The lowest BCUT2D eigenvalue weighted by Crippen LogP contribution is -2.41. The highest BCUT2D eigenvalue weighted by Gasteiger charge is 2.23. The van der Waals surface area contributed by atoms with Crippen LogP contribution in [0.15, 0.2) is 23.1 Å². The molecule has 6 nitrogen and oxygen atoms in total. The summed E-state index contributed by atoms with van der Waals surface area (Å²) in [5, 5.41) is 2.77. The van der Waals surface area contributed by atoms with Gasteiger partial charge in [-0.3, -0.25) is 4.79 Å². The van der Waals surface area contributed by atoms with Gasteiger partial charge in [0, 0.05) is 20.1 Å². The second-order valence-corrected chi connectivity index (χ2v) is 7.93. The molecule has 0 bridgehead atoms. The predicted octanol–water partition coefficient (Wildman–Crippen LogP) is 1.38. The van der Waals surface area contributed by atoms with Crippen molar-refractivity contribution in [1.82, 2.24) is 14.5 Å². The lowest BCUT2D eigenvalue weighted by atomic mass is 10.1. The normalized spacial score (nSPS) is 12.0. The van der Waals surface area contributed by atoms with Crippen molar-refractivity contribution in [2.45, 2.75) is 32.6 Å². The summed E-state index contributed by atoms with van der Waals surface area (Å²) in [5.74, 6) is -0.294. The molecular formula is C17H29N3O3S. The van der Waals surface area contributed by atoms with Gasteiger partial charge in [-0.2, -0.15) is 4.31 Å². The molecule has 0 aliphatic rings. The van der Waals surface area contributed by atoms with Gasteiger partial charge < -0.3 is 10.2 Å². The van der Waals surface area contributed by atoms with Crippen molar-refractivity contribution >= 4 is 15.9 Å². The molecule has 0 spiro atoms. The van der Waals surface area contributed by atoms with Crippen LogP contribution >= 0.6 is 0 Å². The highest BCUT2D eigenvalue weighted by atomic mass is 32.2. The van der Waals surface area contributed by atoms with Gasteiger partial charge in [0.2, 0.25) is 15.9 Å². The summed E-state index contributed by atoms with van der Waals surface area (Å²) < 4.78 is 26.2. The first-order valence-corrected chi connectivity index (χ1v) is 9.69. The van der Waals surface area contributed by atoms with Crippen molar-refractivity contribution < 1.29 is 13.2 Å². The fourth-order valence-electron chi connectivity index (χ4n) is 2.29. The first-order valence-electron chi connectivity index (χ1n) is 8.25. The summed E-state index contributed by atoms with van der Waals surface area (Å²) >= 11 is 0. The fraction of sp³-hybridized carbons (Fsp3) is 0.588. The molecule has 136 valence electrons. The van der Waals surface area contributed by atoms with Gasteiger partial charge in [0.1, 0.15) is 0 Å². The highest BCUT2D eigenvalue weighted by molar-refractivity contribution is 7.89. The van der Waals surface area contributed by atoms with Crippen LogP contribution in [0.2, 0.25) is 0 Å². The van der Waals surface area contributed by atoms with Crippen LogP contribution in [0.3, 0.4) is 0 Å². The molecule has 0 aliphatic carbocycles. The second-order valence-electron chi connectivity index (χ2n) is 5.88. The Labute approximate surface area is 145 Å². The molecule has 0 atom stereocenters. The zero-order valence-electron chi connectivity index (χ0n) is 15.3. The summed E-state index contributed by atoms with van der Waals surface area (Å²) in [6.07, 6.45) is 0. The third-order valence-electron chi connectivity index (χ3n) is 4.20. The summed E-state index contributed by atoms with van der Waals surface area (Å²) in [6, 6.07) is 4.99. The number of sulfonamides is 1. The molecule has 1 amide bonds. The summed E-state index contributed by atoms with van der Waals surface area (Å²) in [4.78, 5) is 14.4. The monoisotopic (exact) mass is 355 g/mol. The number of hydrogen-bond donors (Lipinski definition) is 1. The van der Waals surface area contributed by atoms with E-state index in [0.29, 0.717) is 6.54 Å². The first-order chi connectivity index (χ1) is 11.2. The minimum atomic E-state index is -3.66. The van der Waals surface area contributed by atoms with E-state index in [4.69, 9.17) is 0 Å². The van der Waals surface area contributed by atoms with Crippen LogP contribution < -0.4 is 5.32 Å². The summed E-state index contributed by atoms with van der Waals surface area (Å²) in [7, 11) is -2.24. The van der Waals surface area contributed by atoms with Crippen molar-refractivity contribution in [3.05, 3.63) is 29.3 Å². The van der Waals surface area contributed by atoms with Crippen LogP contribution in [0.4, 0.5) is 0 Å². The van der Waals surface area contributed by atoms with E-state index in [1.165, 1.54) is 7.05 Å². The molecule has 7 heteroatoms. The van der Waals surface area contributed by atoms with Gasteiger partial charge in [-0.05, 0) is 50.2 Å². The molecule has 0 radical (unpaired) electrons. The summed E-state index contributed by atoms with van der Waals surface area (Å²) in [5.41, 5.74) is 1.94. The standard InChI is InChI=1S/C17H29N3O3S/c1-6-20(7-2)11-10-18-17(21)13-19(5)24(22,23)16-9-8-14(3)15(4)12-16/h8-9,12H,6-7,10-11,13H2,1-5H3,(H,18,21). The zero-order valence-corrected chi connectivity index (χ0v) is 16.1. The maximum absolute atomic E-state index is 12.5. The van der Waals surface area contributed by atoms with E-state index in [0.717, 1.165) is 35.1 Å². The van der Waals surface area contributed by atoms with Gasteiger partial charge in [0.25, 0.3) is 0 Å². The van der Waals surface area contributed by atoms with Gasteiger partial charge in [-0.1, -0.05) is 19.9 Å². The molecule has 24 heavy (non-hydrogen) atoms. The molecule has 0 heterocycles. The molecule has 0 fully saturated rings. The number of benzene rings is 1. The van der Waals surface area contributed by atoms with E-state index < -0.39 is 10.0 Å². The topological polar surface area (TPSA) is 69.7 Å². The molecular weight excluding hydrogens is 326 g/mol. The molecule has 0 saturated heterocycles. The number of carbonyl (C=O) groups is 1. The van der Waals surface area contributed by atoms with Gasteiger partial charge in [0.15, 0.2) is 0 Å². The smallest absolute Gasteiger partial charge is 0.243 e. The molecule has 1 aromatic rings. The number of nitrogens with one attached hydrogen (secondary N) is 1. The Hall–Kier alpha value is -1.44. The third-order valence-corrected chi connectivity index (χ3v) is 6.00. The SMILES string of the molecule is CCN(CC)CCNC(=O)CN(C)S(=O)(=O)c1ccc(C)c(C)c1. The second kappa shape index (κ2) is 9.15. The Morgan fingerprint density at radius 3 is 2.29 bits per heavy atom. The minimum absolute atomic E-state index is 0.187. The Bertz CT molecular complexity index is 655. The largest absolute Gasteiger partial charge is 0.354 e. The zero-order chi connectivity index (χ0) is 18.3. The number of hydrogen-bond acceptors (Lipinski definition) is 4. The van der Waals surface area contributed by atoms with Crippen LogP contribution in [0.5, 0.6) is 0 Å². The molecule has 0 aliphatic heterocycles. The number of aryl methyl sites for hydroxylation is 2. The van der Waals surface area contributed by atoms with E-state index >= 15 is 0 Å². The van der Waals surface area contributed by atoms with E-state index in [1.807, 2.05) is 13.8 Å². The number of rotatable bonds is 9. The van der Waals surface area contributed by atoms with Crippen LogP contribution in [-0.2, 0) is 14.8 Å². The van der Waals surface area contributed by atoms with Crippen molar-refractivity contribution in [2.75, 3.05) is 39.8 Å². The molecule has 1 rings (SSSR count). The number of likely N-dealkylation sites (N-methyl/N-ethyl adjacent to an activating group) is 2. The van der Waals surface area contributed by atoms with Crippen LogP contribution in [0, 0.1) is 13.8 Å². The van der Waals surface area contributed by atoms with Crippen molar-refractivity contribution in [1.29, 1.82) is 0 Å². The lowest BCUT2D eigenvalue weighted by molar-refractivity contribution is -0.121. The maximum atomic E-state index is 12.5. The van der Waals surface area contributed by atoms with Crippen molar-refractivity contribution in [3.63, 3.8) is 0 Å². The molecule has 0 saturated carbocycles. The van der Waals surface area contributed by atoms with Gasteiger partial charge in [-0.25, -0.2) is 8.42 Å². The van der Waals surface area contributed by atoms with Crippen LogP contribution in [-0.4, -0.2) is 63.3 Å². The molecule has 1 aromatic carbocycles. The van der Waals surface area contributed by atoms with Gasteiger partial charge in [-0.15, -0.1) is 0 Å². The minimum Gasteiger partial charge on any atom is -0.354 e.